The summed E-state index contributed by atoms with van der Waals surface area (Å²) in [5, 5.41) is 13.4. The fourth-order valence-corrected chi connectivity index (χ4v) is 3.36. The van der Waals surface area contributed by atoms with Crippen molar-refractivity contribution >= 4 is 11.9 Å². The van der Waals surface area contributed by atoms with Crippen LogP contribution in [0.25, 0.3) is 5.69 Å². The Bertz CT molecular complexity index is 879. The van der Waals surface area contributed by atoms with E-state index in [1.54, 1.807) is 13.8 Å². The summed E-state index contributed by atoms with van der Waals surface area (Å²) in [6, 6.07) is 3.15. The number of rotatable bonds is 3. The van der Waals surface area contributed by atoms with Gasteiger partial charge in [-0.25, -0.2) is 13.5 Å². The molecule has 3 rings (SSSR count). The predicted octanol–water partition coefficient (Wildman–Crippen LogP) is 2.70. The highest BCUT2D eigenvalue weighted by Crippen LogP contribution is 2.24. The summed E-state index contributed by atoms with van der Waals surface area (Å²) >= 11 is 0. The lowest BCUT2D eigenvalue weighted by atomic mass is 9.97. The standard InChI is InChI=1S/C18H19F2N3O3/c1-10-16(17(24)22-7-3-4-12(9-22)18(25)26)11(2)23(21-10)15-6-5-13(19)8-14(15)20/h5-6,8,12H,3-4,7,9H2,1-2H3,(H,25,26). The van der Waals surface area contributed by atoms with Crippen LogP contribution in [-0.4, -0.2) is 44.8 Å². The summed E-state index contributed by atoms with van der Waals surface area (Å²) in [5.41, 5.74) is 1.21. The van der Waals surface area contributed by atoms with Crippen LogP contribution in [0.1, 0.15) is 34.6 Å². The number of amides is 1. The zero-order valence-corrected chi connectivity index (χ0v) is 14.5. The highest BCUT2D eigenvalue weighted by Gasteiger charge is 2.31. The maximum atomic E-state index is 14.1. The second-order valence-corrected chi connectivity index (χ2v) is 6.48. The third kappa shape index (κ3) is 3.18. The second-order valence-electron chi connectivity index (χ2n) is 6.48. The molecule has 1 fully saturated rings. The number of halogens is 2. The van der Waals surface area contributed by atoms with Crippen LogP contribution in [0, 0.1) is 31.4 Å². The van der Waals surface area contributed by atoms with Gasteiger partial charge in [0.05, 0.1) is 22.9 Å². The molecule has 1 amide bonds. The molecule has 6 nitrogen and oxygen atoms in total. The number of likely N-dealkylation sites (tertiary alicyclic amines) is 1. The second kappa shape index (κ2) is 6.86. The number of hydrogen-bond acceptors (Lipinski definition) is 3. The van der Waals surface area contributed by atoms with Crippen molar-refractivity contribution in [2.24, 2.45) is 5.92 Å². The minimum absolute atomic E-state index is 0.0492. The van der Waals surface area contributed by atoms with Gasteiger partial charge >= 0.3 is 5.97 Å². The van der Waals surface area contributed by atoms with Crippen LogP contribution in [-0.2, 0) is 4.79 Å². The van der Waals surface area contributed by atoms with E-state index < -0.39 is 23.5 Å². The van der Waals surface area contributed by atoms with Crippen molar-refractivity contribution in [2.45, 2.75) is 26.7 Å². The average molecular weight is 363 g/mol. The fourth-order valence-electron chi connectivity index (χ4n) is 3.36. The molecule has 1 aromatic heterocycles. The number of carbonyl (C=O) groups is 2. The van der Waals surface area contributed by atoms with Gasteiger partial charge in [0.25, 0.3) is 5.91 Å². The van der Waals surface area contributed by atoms with Crippen molar-refractivity contribution in [1.29, 1.82) is 0 Å². The van der Waals surface area contributed by atoms with Gasteiger partial charge in [-0.2, -0.15) is 5.10 Å². The molecule has 0 radical (unpaired) electrons. The highest BCUT2D eigenvalue weighted by atomic mass is 19.1. The van der Waals surface area contributed by atoms with Crippen molar-refractivity contribution < 1.29 is 23.5 Å². The molecule has 1 saturated heterocycles. The van der Waals surface area contributed by atoms with E-state index in [9.17, 15) is 23.5 Å². The third-order valence-electron chi connectivity index (χ3n) is 4.70. The van der Waals surface area contributed by atoms with Crippen LogP contribution in [0.5, 0.6) is 0 Å². The highest BCUT2D eigenvalue weighted by molar-refractivity contribution is 5.97. The van der Waals surface area contributed by atoms with Gasteiger partial charge in [-0.05, 0) is 38.8 Å². The van der Waals surface area contributed by atoms with E-state index in [0.717, 1.165) is 12.1 Å². The van der Waals surface area contributed by atoms with Crippen LogP contribution in [0.4, 0.5) is 8.78 Å². The number of piperidine rings is 1. The lowest BCUT2D eigenvalue weighted by molar-refractivity contribution is -0.143. The molecule has 2 aromatic rings. The first-order valence-electron chi connectivity index (χ1n) is 8.33. The first-order chi connectivity index (χ1) is 12.3. The van der Waals surface area contributed by atoms with Gasteiger partial charge in [0, 0.05) is 19.2 Å². The third-order valence-corrected chi connectivity index (χ3v) is 4.70. The number of carboxylic acids is 1. The quantitative estimate of drug-likeness (QED) is 0.910. The Labute approximate surface area is 149 Å². The Morgan fingerprint density at radius 3 is 2.65 bits per heavy atom. The molecule has 0 bridgehead atoms. The van der Waals surface area contributed by atoms with Gasteiger partial charge < -0.3 is 10.0 Å². The predicted molar refractivity (Wildman–Crippen MR) is 89.2 cm³/mol. The van der Waals surface area contributed by atoms with Crippen molar-refractivity contribution in [2.75, 3.05) is 13.1 Å². The molecule has 1 N–H and O–H groups in total. The van der Waals surface area contributed by atoms with Crippen LogP contribution in [0.2, 0.25) is 0 Å². The SMILES string of the molecule is Cc1nn(-c2ccc(F)cc2F)c(C)c1C(=O)N1CCCC(C(=O)O)C1. The van der Waals surface area contributed by atoms with E-state index in [0.29, 0.717) is 36.3 Å². The summed E-state index contributed by atoms with van der Waals surface area (Å²) < 4.78 is 28.5. The van der Waals surface area contributed by atoms with E-state index >= 15 is 0 Å². The number of aromatic nitrogens is 2. The van der Waals surface area contributed by atoms with E-state index in [4.69, 9.17) is 0 Å². The maximum absolute atomic E-state index is 14.1. The zero-order chi connectivity index (χ0) is 19.0. The molecule has 0 saturated carbocycles. The fraction of sp³-hybridized carbons (Fsp3) is 0.389. The smallest absolute Gasteiger partial charge is 0.308 e. The Morgan fingerprint density at radius 2 is 2.00 bits per heavy atom. The molecule has 1 aliphatic rings. The van der Waals surface area contributed by atoms with Crippen molar-refractivity contribution in [3.63, 3.8) is 0 Å². The molecule has 26 heavy (non-hydrogen) atoms. The molecule has 8 heteroatoms. The summed E-state index contributed by atoms with van der Waals surface area (Å²) in [7, 11) is 0. The zero-order valence-electron chi connectivity index (χ0n) is 14.5. The van der Waals surface area contributed by atoms with Crippen molar-refractivity contribution in [3.8, 4) is 5.69 Å². The number of nitrogens with zero attached hydrogens (tertiary/aromatic N) is 3. The number of aryl methyl sites for hydroxylation is 1. The van der Waals surface area contributed by atoms with Gasteiger partial charge in [-0.1, -0.05) is 0 Å². The molecule has 1 unspecified atom stereocenters. The first-order valence-corrected chi connectivity index (χ1v) is 8.33. The minimum atomic E-state index is -0.917. The lowest BCUT2D eigenvalue weighted by Gasteiger charge is -2.30. The molecule has 138 valence electrons. The minimum Gasteiger partial charge on any atom is -0.481 e. The molecule has 1 aromatic carbocycles. The molecule has 2 heterocycles. The van der Waals surface area contributed by atoms with Crippen LogP contribution in [0.15, 0.2) is 18.2 Å². The van der Waals surface area contributed by atoms with Gasteiger partial charge in [-0.15, -0.1) is 0 Å². The van der Waals surface area contributed by atoms with E-state index in [1.807, 2.05) is 0 Å². The van der Waals surface area contributed by atoms with Crippen molar-refractivity contribution in [3.05, 3.63) is 46.8 Å². The molecule has 0 aliphatic carbocycles. The van der Waals surface area contributed by atoms with Gasteiger partial charge in [0.2, 0.25) is 0 Å². The van der Waals surface area contributed by atoms with Crippen molar-refractivity contribution in [1.82, 2.24) is 14.7 Å². The number of benzene rings is 1. The Hall–Kier alpha value is -2.77. The topological polar surface area (TPSA) is 75.4 Å². The van der Waals surface area contributed by atoms with E-state index in [1.165, 1.54) is 15.6 Å². The van der Waals surface area contributed by atoms with Crippen LogP contribution in [0.3, 0.4) is 0 Å². The molecule has 1 aliphatic heterocycles. The molecule has 0 spiro atoms. The lowest BCUT2D eigenvalue weighted by Crippen LogP contribution is -2.42. The van der Waals surface area contributed by atoms with Crippen LogP contribution >= 0.6 is 0 Å². The van der Waals surface area contributed by atoms with Gasteiger partial charge in [-0.3, -0.25) is 9.59 Å². The normalized spacial score (nSPS) is 17.4. The van der Waals surface area contributed by atoms with Gasteiger partial charge in [0.1, 0.15) is 11.5 Å². The largest absolute Gasteiger partial charge is 0.481 e. The Kier molecular flexibility index (Phi) is 4.76. The number of carboxylic acid groups (broad SMARTS) is 1. The Balaban J connectivity index is 1.95. The number of aliphatic carboxylic acids is 1. The average Bonchev–Trinajstić information content (AvgIpc) is 2.88. The summed E-state index contributed by atoms with van der Waals surface area (Å²) in [6.45, 7) is 3.88. The summed E-state index contributed by atoms with van der Waals surface area (Å²) in [5.74, 6) is -3.30. The first kappa shape index (κ1) is 18.0. The monoisotopic (exact) mass is 363 g/mol. The van der Waals surface area contributed by atoms with E-state index in [-0.39, 0.29) is 18.1 Å². The van der Waals surface area contributed by atoms with E-state index in [2.05, 4.69) is 5.10 Å². The summed E-state index contributed by atoms with van der Waals surface area (Å²) in [4.78, 5) is 25.6. The Morgan fingerprint density at radius 1 is 1.27 bits per heavy atom. The van der Waals surface area contributed by atoms with Gasteiger partial charge in [0.15, 0.2) is 5.82 Å². The van der Waals surface area contributed by atoms with Crippen LogP contribution < -0.4 is 0 Å². The molecular formula is C18H19F2N3O3. The number of hydrogen-bond donors (Lipinski definition) is 1. The molecular weight excluding hydrogens is 344 g/mol. The maximum Gasteiger partial charge on any atom is 0.308 e. The molecule has 1 atom stereocenters. The number of carbonyl (C=O) groups excluding carboxylic acids is 1. The summed E-state index contributed by atoms with van der Waals surface area (Å²) in [6.07, 6.45) is 1.15.